The number of hydrogen-bond donors (Lipinski definition) is 1. The van der Waals surface area contributed by atoms with Crippen LogP contribution in [0.15, 0.2) is 42.5 Å². The lowest BCUT2D eigenvalue weighted by atomic mass is 10.2. The van der Waals surface area contributed by atoms with Gasteiger partial charge in [-0.05, 0) is 35.9 Å². The Morgan fingerprint density at radius 3 is 2.29 bits per heavy atom. The summed E-state index contributed by atoms with van der Waals surface area (Å²) in [4.78, 5) is 12.2. The minimum absolute atomic E-state index is 0.183. The molecule has 0 atom stereocenters. The number of anilines is 1. The number of amides is 1. The fourth-order valence-corrected chi connectivity index (χ4v) is 3.22. The van der Waals surface area contributed by atoms with Crippen molar-refractivity contribution in [3.05, 3.63) is 64.4 Å². The first-order valence-electron chi connectivity index (χ1n) is 7.72. The first kappa shape index (κ1) is 22.1. The monoisotopic (exact) mass is 438 g/mol. The van der Waals surface area contributed by atoms with Crippen LogP contribution < -0.4 is 5.32 Å². The summed E-state index contributed by atoms with van der Waals surface area (Å²) >= 11 is 5.52. The molecule has 0 aliphatic carbocycles. The third-order valence-corrected chi connectivity index (χ3v) is 5.14. The highest BCUT2D eigenvalue weighted by atomic mass is 35.5. The average Bonchev–Trinajstić information content (AvgIpc) is 2.56. The number of rotatable bonds is 6. The highest BCUT2D eigenvalue weighted by Crippen LogP contribution is 2.36. The largest absolute Gasteiger partial charge is 0.417 e. The van der Waals surface area contributed by atoms with Crippen molar-refractivity contribution in [2.24, 2.45) is 0 Å². The van der Waals surface area contributed by atoms with Gasteiger partial charge in [-0.2, -0.15) is 17.5 Å². The normalized spacial score (nSPS) is 12.2. The highest BCUT2D eigenvalue weighted by molar-refractivity contribution is 7.88. The second-order valence-electron chi connectivity index (χ2n) is 5.90. The number of nitrogens with one attached hydrogen (secondary N) is 1. The molecule has 0 aromatic heterocycles. The van der Waals surface area contributed by atoms with Gasteiger partial charge in [-0.25, -0.2) is 12.8 Å². The molecule has 0 heterocycles. The molecule has 152 valence electrons. The van der Waals surface area contributed by atoms with Crippen LogP contribution in [0.4, 0.5) is 23.2 Å². The first-order valence-corrected chi connectivity index (χ1v) is 9.95. The van der Waals surface area contributed by atoms with E-state index in [1.54, 1.807) is 0 Å². The molecule has 0 spiro atoms. The van der Waals surface area contributed by atoms with Gasteiger partial charge in [0, 0.05) is 12.2 Å². The molecule has 2 aromatic carbocycles. The smallest absolute Gasteiger partial charge is 0.325 e. The second-order valence-corrected chi connectivity index (χ2v) is 8.29. The van der Waals surface area contributed by atoms with E-state index >= 15 is 0 Å². The van der Waals surface area contributed by atoms with Crippen LogP contribution in [-0.2, 0) is 27.5 Å². The summed E-state index contributed by atoms with van der Waals surface area (Å²) in [6.45, 7) is -0.846. The molecule has 0 aliphatic rings. The van der Waals surface area contributed by atoms with Crippen LogP contribution in [0.5, 0.6) is 0 Å². The van der Waals surface area contributed by atoms with E-state index in [0.717, 1.165) is 28.8 Å². The summed E-state index contributed by atoms with van der Waals surface area (Å²) in [5.74, 6) is -1.35. The predicted molar refractivity (Wildman–Crippen MR) is 96.7 cm³/mol. The molecular weight excluding hydrogens is 424 g/mol. The quantitative estimate of drug-likeness (QED) is 0.696. The zero-order valence-corrected chi connectivity index (χ0v) is 16.0. The number of halogens is 5. The SMILES string of the molecule is CS(=O)(=O)N(CC(=O)Nc1ccc(Cl)c(C(F)(F)F)c1)Cc1ccc(F)cc1. The third-order valence-electron chi connectivity index (χ3n) is 3.62. The van der Waals surface area contributed by atoms with Crippen LogP contribution in [0.2, 0.25) is 5.02 Å². The molecule has 2 rings (SSSR count). The Morgan fingerprint density at radius 1 is 1.14 bits per heavy atom. The maximum Gasteiger partial charge on any atom is 0.417 e. The van der Waals surface area contributed by atoms with Crippen molar-refractivity contribution >= 4 is 33.2 Å². The maximum atomic E-state index is 13.0. The van der Waals surface area contributed by atoms with Gasteiger partial charge in [-0.3, -0.25) is 4.79 Å². The highest BCUT2D eigenvalue weighted by Gasteiger charge is 2.33. The molecule has 0 fully saturated rings. The fraction of sp³-hybridized carbons (Fsp3) is 0.235. The van der Waals surface area contributed by atoms with Gasteiger partial charge in [0.1, 0.15) is 5.82 Å². The molecule has 28 heavy (non-hydrogen) atoms. The summed E-state index contributed by atoms with van der Waals surface area (Å²) in [6.07, 6.45) is -3.83. The molecule has 5 nitrogen and oxygen atoms in total. The number of alkyl halides is 3. The van der Waals surface area contributed by atoms with Crippen molar-refractivity contribution in [3.8, 4) is 0 Å². The standard InChI is InChI=1S/C17H15ClF4N2O3S/c1-28(26,27)24(9-11-2-4-12(19)5-3-11)10-16(25)23-13-6-7-15(18)14(8-13)17(20,21)22/h2-8H,9-10H2,1H3,(H,23,25). The van der Waals surface area contributed by atoms with Crippen LogP contribution >= 0.6 is 11.6 Å². The lowest BCUT2D eigenvalue weighted by molar-refractivity contribution is -0.137. The number of nitrogens with zero attached hydrogens (tertiary/aromatic N) is 1. The van der Waals surface area contributed by atoms with Gasteiger partial charge in [-0.15, -0.1) is 0 Å². The van der Waals surface area contributed by atoms with E-state index in [4.69, 9.17) is 11.6 Å². The first-order chi connectivity index (χ1) is 12.9. The number of hydrogen-bond acceptors (Lipinski definition) is 3. The van der Waals surface area contributed by atoms with Crippen molar-refractivity contribution in [1.29, 1.82) is 0 Å². The number of benzene rings is 2. The van der Waals surface area contributed by atoms with E-state index in [1.165, 1.54) is 18.2 Å². The molecule has 0 bridgehead atoms. The Labute approximate surface area is 164 Å². The fourth-order valence-electron chi connectivity index (χ4n) is 2.26. The van der Waals surface area contributed by atoms with Gasteiger partial charge >= 0.3 is 6.18 Å². The molecule has 1 N–H and O–H groups in total. The second kappa shape index (κ2) is 8.46. The molecule has 0 saturated heterocycles. The van der Waals surface area contributed by atoms with Gasteiger partial charge in [-0.1, -0.05) is 23.7 Å². The minimum atomic E-state index is -4.71. The Hall–Kier alpha value is -2.17. The molecule has 11 heteroatoms. The van der Waals surface area contributed by atoms with E-state index in [0.29, 0.717) is 11.6 Å². The zero-order chi connectivity index (χ0) is 21.1. The van der Waals surface area contributed by atoms with Crippen LogP contribution in [0.1, 0.15) is 11.1 Å². The molecular formula is C17H15ClF4N2O3S. The van der Waals surface area contributed by atoms with Gasteiger partial charge in [0.2, 0.25) is 15.9 Å². The van der Waals surface area contributed by atoms with Gasteiger partial charge in [0.15, 0.2) is 0 Å². The number of carbonyl (C=O) groups excluding carboxylic acids is 1. The Kier molecular flexibility index (Phi) is 6.68. The van der Waals surface area contributed by atoms with Crippen molar-refractivity contribution in [1.82, 2.24) is 4.31 Å². The summed E-state index contributed by atoms with van der Waals surface area (Å²) in [5.41, 5.74) is -0.874. The van der Waals surface area contributed by atoms with E-state index in [-0.39, 0.29) is 12.2 Å². The van der Waals surface area contributed by atoms with E-state index in [2.05, 4.69) is 5.32 Å². The number of carbonyl (C=O) groups is 1. The maximum absolute atomic E-state index is 13.0. The lowest BCUT2D eigenvalue weighted by Gasteiger charge is -2.20. The van der Waals surface area contributed by atoms with E-state index < -0.39 is 45.1 Å². The van der Waals surface area contributed by atoms with Crippen LogP contribution in [0.25, 0.3) is 0 Å². The van der Waals surface area contributed by atoms with Crippen molar-refractivity contribution in [2.45, 2.75) is 12.7 Å². The summed E-state index contributed by atoms with van der Waals surface area (Å²) in [6, 6.07) is 7.81. The molecule has 2 aromatic rings. The summed E-state index contributed by atoms with van der Waals surface area (Å²) < 4.78 is 76.3. The van der Waals surface area contributed by atoms with Crippen LogP contribution in [0.3, 0.4) is 0 Å². The molecule has 0 aliphatic heterocycles. The summed E-state index contributed by atoms with van der Waals surface area (Å²) in [7, 11) is -3.82. The minimum Gasteiger partial charge on any atom is -0.325 e. The topological polar surface area (TPSA) is 66.5 Å². The van der Waals surface area contributed by atoms with Crippen LogP contribution in [0, 0.1) is 5.82 Å². The molecule has 0 unspecified atom stereocenters. The molecule has 0 saturated carbocycles. The summed E-state index contributed by atoms with van der Waals surface area (Å²) in [5, 5.41) is 1.69. The van der Waals surface area contributed by atoms with Crippen molar-refractivity contribution in [3.63, 3.8) is 0 Å². The van der Waals surface area contributed by atoms with E-state index in [9.17, 15) is 30.8 Å². The van der Waals surface area contributed by atoms with Gasteiger partial charge in [0.05, 0.1) is 23.4 Å². The Bertz CT molecular complexity index is 963. The van der Waals surface area contributed by atoms with Gasteiger partial charge < -0.3 is 5.32 Å². The lowest BCUT2D eigenvalue weighted by Crippen LogP contribution is -2.36. The van der Waals surface area contributed by atoms with Crippen molar-refractivity contribution in [2.75, 3.05) is 18.1 Å². The van der Waals surface area contributed by atoms with Gasteiger partial charge in [0.25, 0.3) is 0 Å². The van der Waals surface area contributed by atoms with E-state index in [1.807, 2.05) is 0 Å². The van der Waals surface area contributed by atoms with Crippen LogP contribution in [-0.4, -0.2) is 31.4 Å². The zero-order valence-electron chi connectivity index (χ0n) is 14.4. The average molecular weight is 439 g/mol. The Morgan fingerprint density at radius 2 is 1.75 bits per heavy atom. The number of sulfonamides is 1. The molecule has 0 radical (unpaired) electrons. The third kappa shape index (κ3) is 6.18. The Balaban J connectivity index is 2.15. The predicted octanol–water partition coefficient (Wildman–Crippen LogP) is 3.90. The molecule has 1 amide bonds. The van der Waals surface area contributed by atoms with Crippen molar-refractivity contribution < 1.29 is 30.8 Å².